The average Bonchev–Trinajstić information content (AvgIpc) is 2.74. The molecule has 0 bridgehead atoms. The Morgan fingerprint density at radius 3 is 1.89 bits per heavy atom. The summed E-state index contributed by atoms with van der Waals surface area (Å²) in [5, 5.41) is 5.86. The fourth-order valence-electron chi connectivity index (χ4n) is 3.23. The van der Waals surface area contributed by atoms with Crippen LogP contribution in [0.1, 0.15) is 25.8 Å². The molecule has 3 rings (SSSR count). The Morgan fingerprint density at radius 2 is 1.43 bits per heavy atom. The van der Waals surface area contributed by atoms with Crippen LogP contribution in [0.4, 0.5) is 0 Å². The summed E-state index contributed by atoms with van der Waals surface area (Å²) in [7, 11) is -2.98. The maximum atomic E-state index is 14.2. The lowest BCUT2D eigenvalue weighted by Crippen LogP contribution is -2.35. The first-order valence-corrected chi connectivity index (χ1v) is 11.5. The van der Waals surface area contributed by atoms with E-state index in [1.807, 2.05) is 84.9 Å². The molecule has 0 saturated carbocycles. The Bertz CT molecular complexity index is 925. The van der Waals surface area contributed by atoms with Crippen LogP contribution in [0.3, 0.4) is 0 Å². The molecule has 28 heavy (non-hydrogen) atoms. The average molecular weight is 410 g/mol. The second-order valence-corrected chi connectivity index (χ2v) is 9.76. The number of hydrogen-bond acceptors (Lipinski definition) is 1. The van der Waals surface area contributed by atoms with Crippen molar-refractivity contribution in [2.75, 3.05) is 0 Å². The van der Waals surface area contributed by atoms with Gasteiger partial charge in [-0.2, -0.15) is 0 Å². The molecular weight excluding hydrogens is 385 g/mol. The van der Waals surface area contributed by atoms with Gasteiger partial charge in [-0.3, -0.25) is 9.65 Å². The molecule has 0 aliphatic heterocycles. The van der Waals surface area contributed by atoms with Crippen molar-refractivity contribution in [3.63, 3.8) is 0 Å². The van der Waals surface area contributed by atoms with Crippen molar-refractivity contribution in [1.82, 2.24) is 5.09 Å². The van der Waals surface area contributed by atoms with Gasteiger partial charge in [-0.15, -0.1) is 0 Å². The molecule has 0 unspecified atom stereocenters. The van der Waals surface area contributed by atoms with Crippen molar-refractivity contribution >= 4 is 35.6 Å². The first kappa shape index (κ1) is 20.6. The number of benzene rings is 3. The topological polar surface area (TPSA) is 29.1 Å². The highest BCUT2D eigenvalue weighted by Crippen LogP contribution is 2.40. The minimum atomic E-state index is -2.98. The third kappa shape index (κ3) is 4.83. The van der Waals surface area contributed by atoms with Crippen molar-refractivity contribution in [3.8, 4) is 0 Å². The molecule has 0 aliphatic rings. The lowest BCUT2D eigenvalue weighted by molar-refractivity contribution is 0.565. The highest BCUT2D eigenvalue weighted by Gasteiger charge is 2.29. The summed E-state index contributed by atoms with van der Waals surface area (Å²) < 4.78 is 14.2. The zero-order valence-electron chi connectivity index (χ0n) is 16.2. The van der Waals surface area contributed by atoms with E-state index in [-0.39, 0.29) is 6.04 Å². The van der Waals surface area contributed by atoms with Gasteiger partial charge in [0.05, 0.1) is 0 Å². The first-order valence-electron chi connectivity index (χ1n) is 9.46. The molecular formula is C24H25ClNOP. The summed E-state index contributed by atoms with van der Waals surface area (Å²) >= 11 is 5.99. The van der Waals surface area contributed by atoms with Crippen molar-refractivity contribution < 1.29 is 4.57 Å². The molecule has 1 atom stereocenters. The number of hydrogen-bond donors (Lipinski definition) is 1. The van der Waals surface area contributed by atoms with E-state index in [0.29, 0.717) is 0 Å². The molecule has 0 aromatic heterocycles. The fourth-order valence-corrected chi connectivity index (χ4v) is 5.96. The number of halogens is 1. The van der Waals surface area contributed by atoms with Gasteiger partial charge < -0.3 is 0 Å². The molecule has 0 aliphatic carbocycles. The second-order valence-electron chi connectivity index (χ2n) is 6.81. The van der Waals surface area contributed by atoms with Crippen LogP contribution in [0.2, 0.25) is 5.02 Å². The van der Waals surface area contributed by atoms with Gasteiger partial charge in [-0.05, 0) is 55.3 Å². The normalized spacial score (nSPS) is 13.3. The lowest BCUT2D eigenvalue weighted by atomic mass is 10.0. The molecule has 3 aromatic rings. The largest absolute Gasteiger partial charge is 0.297 e. The van der Waals surface area contributed by atoms with E-state index in [1.165, 1.54) is 0 Å². The highest BCUT2D eigenvalue weighted by atomic mass is 35.5. The predicted molar refractivity (Wildman–Crippen MR) is 122 cm³/mol. The predicted octanol–water partition coefficient (Wildman–Crippen LogP) is 6.04. The van der Waals surface area contributed by atoms with Crippen LogP contribution in [0.25, 0.3) is 6.08 Å². The van der Waals surface area contributed by atoms with Crippen LogP contribution in [0, 0.1) is 0 Å². The highest BCUT2D eigenvalue weighted by molar-refractivity contribution is 7.76. The van der Waals surface area contributed by atoms with Gasteiger partial charge in [0.15, 0.2) is 0 Å². The van der Waals surface area contributed by atoms with E-state index >= 15 is 0 Å². The first-order chi connectivity index (χ1) is 13.5. The zero-order chi connectivity index (χ0) is 20.0. The molecule has 4 heteroatoms. The van der Waals surface area contributed by atoms with Gasteiger partial charge in [0.25, 0.3) is 0 Å². The van der Waals surface area contributed by atoms with Crippen molar-refractivity contribution in [3.05, 3.63) is 101 Å². The monoisotopic (exact) mass is 409 g/mol. The Balaban J connectivity index is 1.97. The second kappa shape index (κ2) is 9.39. The summed E-state index contributed by atoms with van der Waals surface area (Å²) in [5.74, 6) is 0. The van der Waals surface area contributed by atoms with Crippen molar-refractivity contribution in [2.45, 2.75) is 26.3 Å². The molecule has 0 fully saturated rings. The number of rotatable bonds is 7. The van der Waals surface area contributed by atoms with Crippen LogP contribution in [-0.4, -0.2) is 6.04 Å². The van der Waals surface area contributed by atoms with Gasteiger partial charge in [0.1, 0.15) is 0 Å². The smallest absolute Gasteiger partial charge is 0.205 e. The third-order valence-electron chi connectivity index (χ3n) is 4.80. The Labute approximate surface area is 172 Å². The van der Waals surface area contributed by atoms with Gasteiger partial charge in [-0.25, -0.2) is 0 Å². The molecule has 3 aromatic carbocycles. The van der Waals surface area contributed by atoms with Crippen LogP contribution >= 0.6 is 18.9 Å². The minimum Gasteiger partial charge on any atom is -0.297 e. The summed E-state index contributed by atoms with van der Waals surface area (Å²) in [6.45, 7) is 4.19. The quantitative estimate of drug-likeness (QED) is 0.482. The molecule has 0 amide bonds. The van der Waals surface area contributed by atoms with Crippen LogP contribution in [0.15, 0.2) is 90.5 Å². The molecule has 0 radical (unpaired) electrons. The number of nitrogens with one attached hydrogen (secondary N) is 1. The van der Waals surface area contributed by atoms with Gasteiger partial charge in [0.2, 0.25) is 7.29 Å². The van der Waals surface area contributed by atoms with E-state index in [4.69, 9.17) is 11.6 Å². The van der Waals surface area contributed by atoms with Crippen molar-refractivity contribution in [2.24, 2.45) is 0 Å². The molecule has 0 heterocycles. The van der Waals surface area contributed by atoms with Gasteiger partial charge in [-0.1, -0.05) is 78.7 Å². The van der Waals surface area contributed by atoms with Crippen molar-refractivity contribution in [1.29, 1.82) is 0 Å². The zero-order valence-corrected chi connectivity index (χ0v) is 17.8. The Morgan fingerprint density at radius 1 is 0.929 bits per heavy atom. The molecule has 0 saturated heterocycles. The van der Waals surface area contributed by atoms with Gasteiger partial charge in [0, 0.05) is 21.7 Å². The SMILES string of the molecule is CC[C@@H](NP(=O)(c1ccccc1)c1ccccc1)/C(C)=C/c1ccc(Cl)cc1. The summed E-state index contributed by atoms with van der Waals surface area (Å²) in [6.07, 6.45) is 2.96. The molecule has 1 N–H and O–H groups in total. The van der Waals surface area contributed by atoms with E-state index in [9.17, 15) is 4.57 Å². The van der Waals surface area contributed by atoms with Crippen LogP contribution < -0.4 is 15.7 Å². The summed E-state index contributed by atoms with van der Waals surface area (Å²) in [5.41, 5.74) is 2.22. The summed E-state index contributed by atoms with van der Waals surface area (Å²) in [4.78, 5) is 0. The van der Waals surface area contributed by atoms with E-state index in [0.717, 1.165) is 33.2 Å². The molecule has 144 valence electrons. The van der Waals surface area contributed by atoms with E-state index in [2.05, 4.69) is 25.0 Å². The summed E-state index contributed by atoms with van der Waals surface area (Å²) in [6, 6.07) is 27.1. The van der Waals surface area contributed by atoms with E-state index in [1.54, 1.807) is 0 Å². The van der Waals surface area contributed by atoms with E-state index < -0.39 is 7.29 Å². The van der Waals surface area contributed by atoms with Gasteiger partial charge >= 0.3 is 0 Å². The maximum Gasteiger partial charge on any atom is 0.205 e. The van der Waals surface area contributed by atoms with Crippen LogP contribution in [0.5, 0.6) is 0 Å². The molecule has 2 nitrogen and oxygen atoms in total. The molecule has 0 spiro atoms. The Hall–Kier alpha value is -2.12. The van der Waals surface area contributed by atoms with Crippen LogP contribution in [-0.2, 0) is 4.57 Å². The maximum absolute atomic E-state index is 14.2. The fraction of sp³-hybridized carbons (Fsp3) is 0.167. The third-order valence-corrected chi connectivity index (χ3v) is 7.78. The standard InChI is InChI=1S/C24H25ClNOP/c1-3-24(19(2)18-20-14-16-21(25)17-15-20)26-28(27,22-10-6-4-7-11-22)23-12-8-5-9-13-23/h4-18,24H,3H2,1-2H3,(H,26,27)/b19-18+/t24-/m1/s1. The minimum absolute atomic E-state index is 0.0121. The lowest BCUT2D eigenvalue weighted by Gasteiger charge is -2.27. The Kier molecular flexibility index (Phi) is 6.91.